The monoisotopic (exact) mass is 222 g/mol. The molecular weight excluding hydrogens is 207 g/mol. The van der Waals surface area contributed by atoms with Gasteiger partial charge in [0.1, 0.15) is 5.75 Å². The summed E-state index contributed by atoms with van der Waals surface area (Å²) in [4.78, 5) is 0. The Morgan fingerprint density at radius 3 is 2.27 bits per heavy atom. The van der Waals surface area contributed by atoms with Crippen molar-refractivity contribution >= 4 is 10.1 Å². The number of rotatable bonds is 4. The Labute approximate surface area is 105 Å². The van der Waals surface area contributed by atoms with Crippen LogP contribution < -0.4 is 23.0 Å². The smallest absolute Gasteiger partial charge is 1.00 e. The zero-order valence-corrected chi connectivity index (χ0v) is 10.1. The van der Waals surface area contributed by atoms with Gasteiger partial charge in [-0.25, -0.2) is 0 Å². The van der Waals surface area contributed by atoms with Crippen LogP contribution in [-0.4, -0.2) is 14.2 Å². The topological polar surface area (TPSA) is 43.4 Å². The second kappa shape index (κ2) is 6.22. The molecule has 15 heavy (non-hydrogen) atoms. The van der Waals surface area contributed by atoms with E-state index in [4.69, 9.17) is 4.18 Å². The van der Waals surface area contributed by atoms with E-state index in [1.165, 1.54) is 0 Å². The SMILES string of the molecule is CC(C)CS(=O)(=O)Oc1ccccc1.[H-].[Li+]. The molecule has 0 amide bonds. The molecule has 0 aromatic heterocycles. The van der Waals surface area contributed by atoms with Crippen molar-refractivity contribution < 1.29 is 32.9 Å². The standard InChI is InChI=1S/C10H14O3S.Li.H/c1-9(2)8-14(11,12)13-10-6-4-3-5-7-10;;/h3-7,9H,8H2,1-2H3;;/q;+1;-1. The van der Waals surface area contributed by atoms with Gasteiger partial charge in [-0.3, -0.25) is 0 Å². The molecule has 0 radical (unpaired) electrons. The van der Waals surface area contributed by atoms with Gasteiger partial charge in [0.05, 0.1) is 5.75 Å². The van der Waals surface area contributed by atoms with E-state index in [1.807, 2.05) is 19.9 Å². The quantitative estimate of drug-likeness (QED) is 0.493. The summed E-state index contributed by atoms with van der Waals surface area (Å²) < 4.78 is 27.7. The average molecular weight is 222 g/mol. The molecule has 0 saturated carbocycles. The Bertz CT molecular complexity index is 378. The van der Waals surface area contributed by atoms with Gasteiger partial charge in [-0.05, 0) is 18.1 Å². The summed E-state index contributed by atoms with van der Waals surface area (Å²) in [5.74, 6) is 0.485. The van der Waals surface area contributed by atoms with Crippen molar-refractivity contribution in [3.63, 3.8) is 0 Å². The van der Waals surface area contributed by atoms with E-state index in [0.29, 0.717) is 5.75 Å². The van der Waals surface area contributed by atoms with Gasteiger partial charge in [0.25, 0.3) is 0 Å². The van der Waals surface area contributed by atoms with E-state index in [0.717, 1.165) is 0 Å². The molecule has 1 rings (SSSR count). The Morgan fingerprint density at radius 2 is 1.80 bits per heavy atom. The molecule has 0 spiro atoms. The number of hydrogen-bond donors (Lipinski definition) is 0. The molecule has 5 heteroatoms. The summed E-state index contributed by atoms with van der Waals surface area (Å²) in [6, 6.07) is 8.53. The molecule has 3 nitrogen and oxygen atoms in total. The van der Waals surface area contributed by atoms with Crippen LogP contribution in [0.25, 0.3) is 0 Å². The van der Waals surface area contributed by atoms with Crippen molar-refractivity contribution in [1.82, 2.24) is 0 Å². The van der Waals surface area contributed by atoms with Crippen LogP contribution in [0.2, 0.25) is 0 Å². The van der Waals surface area contributed by atoms with Gasteiger partial charge in [-0.2, -0.15) is 8.42 Å². The van der Waals surface area contributed by atoms with E-state index >= 15 is 0 Å². The minimum absolute atomic E-state index is 0. The van der Waals surface area contributed by atoms with Crippen LogP contribution in [0.3, 0.4) is 0 Å². The third kappa shape index (κ3) is 5.88. The Kier molecular flexibility index (Phi) is 6.04. The van der Waals surface area contributed by atoms with Gasteiger partial charge < -0.3 is 5.61 Å². The first kappa shape index (κ1) is 14.6. The molecule has 0 aliphatic rings. The molecule has 0 atom stereocenters. The maximum absolute atomic E-state index is 11.4. The van der Waals surface area contributed by atoms with Gasteiger partial charge in [0.2, 0.25) is 0 Å². The number of benzene rings is 1. The van der Waals surface area contributed by atoms with Gasteiger partial charge >= 0.3 is 29.0 Å². The molecular formula is C10H15LiO3S. The molecule has 0 N–H and O–H groups in total. The predicted octanol–water partition coefficient (Wildman–Crippen LogP) is -0.832. The zero-order chi connectivity index (χ0) is 10.6. The molecule has 1 aromatic rings. The molecule has 0 unspecified atom stereocenters. The Hall–Kier alpha value is -0.433. The van der Waals surface area contributed by atoms with E-state index < -0.39 is 10.1 Å². The maximum atomic E-state index is 11.4. The summed E-state index contributed by atoms with van der Waals surface area (Å²) in [6.45, 7) is 3.68. The summed E-state index contributed by atoms with van der Waals surface area (Å²) >= 11 is 0. The minimum atomic E-state index is -3.43. The van der Waals surface area contributed by atoms with Crippen LogP contribution >= 0.6 is 0 Å². The van der Waals surface area contributed by atoms with E-state index in [9.17, 15) is 8.42 Å². The average Bonchev–Trinajstić information content (AvgIpc) is 2.02. The van der Waals surface area contributed by atoms with E-state index in [-0.39, 0.29) is 32.0 Å². The fraction of sp³-hybridized carbons (Fsp3) is 0.400. The normalized spacial score (nSPS) is 10.9. The third-order valence-corrected chi connectivity index (χ3v) is 3.03. The van der Waals surface area contributed by atoms with E-state index in [1.54, 1.807) is 24.3 Å². The van der Waals surface area contributed by atoms with Crippen molar-refractivity contribution in [3.8, 4) is 5.75 Å². The molecule has 0 aliphatic heterocycles. The molecule has 0 fully saturated rings. The summed E-state index contributed by atoms with van der Waals surface area (Å²) in [6.07, 6.45) is 0. The second-order valence-corrected chi connectivity index (χ2v) is 5.13. The molecule has 0 saturated heterocycles. The second-order valence-electron chi connectivity index (χ2n) is 3.51. The summed E-state index contributed by atoms with van der Waals surface area (Å²) in [7, 11) is -3.43. The predicted molar refractivity (Wildman–Crippen MR) is 56.8 cm³/mol. The van der Waals surface area contributed by atoms with Gasteiger partial charge in [0.15, 0.2) is 0 Å². The van der Waals surface area contributed by atoms with E-state index in [2.05, 4.69) is 0 Å². The van der Waals surface area contributed by atoms with Crippen molar-refractivity contribution in [2.45, 2.75) is 13.8 Å². The fourth-order valence-electron chi connectivity index (χ4n) is 1.06. The van der Waals surface area contributed by atoms with Crippen molar-refractivity contribution in [1.29, 1.82) is 0 Å². The third-order valence-electron chi connectivity index (χ3n) is 1.50. The Balaban J connectivity index is 0. The van der Waals surface area contributed by atoms with Gasteiger partial charge in [0, 0.05) is 0 Å². The van der Waals surface area contributed by atoms with Crippen LogP contribution in [0.5, 0.6) is 5.75 Å². The van der Waals surface area contributed by atoms with Crippen molar-refractivity contribution in [2.24, 2.45) is 5.92 Å². The van der Waals surface area contributed by atoms with Crippen LogP contribution in [0.4, 0.5) is 0 Å². The number of para-hydroxylation sites is 1. The first-order valence-electron chi connectivity index (χ1n) is 4.47. The molecule has 0 bridgehead atoms. The molecule has 1 aromatic carbocycles. The minimum Gasteiger partial charge on any atom is -1.00 e. The fourth-order valence-corrected chi connectivity index (χ4v) is 2.35. The number of hydrogen-bond acceptors (Lipinski definition) is 3. The Morgan fingerprint density at radius 1 is 1.27 bits per heavy atom. The van der Waals surface area contributed by atoms with Gasteiger partial charge in [-0.15, -0.1) is 0 Å². The van der Waals surface area contributed by atoms with Crippen LogP contribution in [0.1, 0.15) is 15.3 Å². The van der Waals surface area contributed by atoms with Crippen molar-refractivity contribution in [3.05, 3.63) is 30.3 Å². The van der Waals surface area contributed by atoms with Crippen LogP contribution in [-0.2, 0) is 10.1 Å². The molecule has 0 aliphatic carbocycles. The van der Waals surface area contributed by atoms with Crippen LogP contribution in [0, 0.1) is 5.92 Å². The first-order valence-corrected chi connectivity index (χ1v) is 6.04. The summed E-state index contributed by atoms with van der Waals surface area (Å²) in [5.41, 5.74) is 0. The summed E-state index contributed by atoms with van der Waals surface area (Å²) in [5, 5.41) is 0. The largest absolute Gasteiger partial charge is 1.00 e. The molecule has 80 valence electrons. The first-order chi connectivity index (χ1) is 6.49. The molecule has 0 heterocycles. The zero-order valence-electron chi connectivity index (χ0n) is 10.3. The van der Waals surface area contributed by atoms with Crippen LogP contribution in [0.15, 0.2) is 30.3 Å². The van der Waals surface area contributed by atoms with Gasteiger partial charge in [-0.1, -0.05) is 32.0 Å². The maximum Gasteiger partial charge on any atom is 1.00 e. The van der Waals surface area contributed by atoms with Crippen molar-refractivity contribution in [2.75, 3.05) is 5.75 Å².